The van der Waals surface area contributed by atoms with E-state index in [1.165, 1.54) is 24.2 Å². The Bertz CT molecular complexity index is 631. The molecule has 8 heteroatoms. The SMILES string of the molecule is CN(C(=O)CSc1ccccc1C(=O)NCC(F)(F)F)C1CCCCC1. The molecule has 0 aromatic heterocycles. The second-order valence-electron chi connectivity index (χ2n) is 6.38. The van der Waals surface area contributed by atoms with Crippen LogP contribution in [0.4, 0.5) is 13.2 Å². The van der Waals surface area contributed by atoms with Crippen molar-refractivity contribution in [2.24, 2.45) is 0 Å². The van der Waals surface area contributed by atoms with Crippen molar-refractivity contribution in [1.82, 2.24) is 10.2 Å². The zero-order valence-electron chi connectivity index (χ0n) is 14.6. The first-order chi connectivity index (χ1) is 12.3. The van der Waals surface area contributed by atoms with Crippen molar-refractivity contribution < 1.29 is 22.8 Å². The number of carbonyl (C=O) groups is 2. The maximum atomic E-state index is 12.4. The van der Waals surface area contributed by atoms with Crippen molar-refractivity contribution in [3.8, 4) is 0 Å². The molecule has 0 spiro atoms. The van der Waals surface area contributed by atoms with E-state index in [4.69, 9.17) is 0 Å². The highest BCUT2D eigenvalue weighted by Gasteiger charge is 2.28. The molecule has 144 valence electrons. The van der Waals surface area contributed by atoms with Crippen LogP contribution in [0.3, 0.4) is 0 Å². The predicted molar refractivity (Wildman–Crippen MR) is 95.2 cm³/mol. The van der Waals surface area contributed by atoms with Gasteiger partial charge in [-0.15, -0.1) is 11.8 Å². The fraction of sp³-hybridized carbons (Fsp3) is 0.556. The smallest absolute Gasteiger partial charge is 0.343 e. The van der Waals surface area contributed by atoms with Gasteiger partial charge in [-0.2, -0.15) is 13.2 Å². The number of hydrogen-bond acceptors (Lipinski definition) is 3. The van der Waals surface area contributed by atoms with Crippen LogP contribution in [0.25, 0.3) is 0 Å². The fourth-order valence-corrected chi connectivity index (χ4v) is 3.94. The normalized spacial score (nSPS) is 15.5. The summed E-state index contributed by atoms with van der Waals surface area (Å²) in [6.07, 6.45) is 0.992. The topological polar surface area (TPSA) is 49.4 Å². The molecule has 2 amide bonds. The molecule has 1 aliphatic rings. The maximum absolute atomic E-state index is 12.4. The number of carbonyl (C=O) groups excluding carboxylic acids is 2. The molecule has 0 radical (unpaired) electrons. The lowest BCUT2D eigenvalue weighted by molar-refractivity contribution is -0.129. The Morgan fingerprint density at radius 3 is 2.50 bits per heavy atom. The molecular formula is C18H23F3N2O2S. The van der Waals surface area contributed by atoms with Gasteiger partial charge in [0.1, 0.15) is 6.54 Å². The summed E-state index contributed by atoms with van der Waals surface area (Å²) in [6, 6.07) is 6.63. The molecule has 0 bridgehead atoms. The Balaban J connectivity index is 1.94. The van der Waals surface area contributed by atoms with Gasteiger partial charge in [0, 0.05) is 18.0 Å². The molecule has 0 atom stereocenters. The molecule has 1 aromatic rings. The van der Waals surface area contributed by atoms with Gasteiger partial charge in [-0.1, -0.05) is 31.4 Å². The molecule has 1 N–H and O–H groups in total. The van der Waals surface area contributed by atoms with Crippen molar-refractivity contribution >= 4 is 23.6 Å². The molecule has 4 nitrogen and oxygen atoms in total. The van der Waals surface area contributed by atoms with Crippen molar-refractivity contribution in [3.05, 3.63) is 29.8 Å². The number of nitrogens with zero attached hydrogens (tertiary/aromatic N) is 1. The Labute approximate surface area is 155 Å². The molecule has 26 heavy (non-hydrogen) atoms. The largest absolute Gasteiger partial charge is 0.405 e. The minimum absolute atomic E-state index is 0.0348. The van der Waals surface area contributed by atoms with Gasteiger partial charge in [-0.05, 0) is 25.0 Å². The van der Waals surface area contributed by atoms with Gasteiger partial charge < -0.3 is 10.2 Å². The van der Waals surface area contributed by atoms with Gasteiger partial charge in [0.25, 0.3) is 5.91 Å². The van der Waals surface area contributed by atoms with Crippen molar-refractivity contribution in [2.75, 3.05) is 19.3 Å². The summed E-state index contributed by atoms with van der Waals surface area (Å²) < 4.78 is 36.8. The number of amides is 2. The summed E-state index contributed by atoms with van der Waals surface area (Å²) in [5, 5.41) is 1.87. The number of alkyl halides is 3. The van der Waals surface area contributed by atoms with Crippen LogP contribution in [0, 0.1) is 0 Å². The Morgan fingerprint density at radius 2 is 1.85 bits per heavy atom. The number of nitrogens with one attached hydrogen (secondary N) is 1. The third-order valence-corrected chi connectivity index (χ3v) is 5.51. The average molecular weight is 388 g/mol. The number of halogens is 3. The molecule has 1 aromatic carbocycles. The average Bonchev–Trinajstić information content (AvgIpc) is 2.64. The molecular weight excluding hydrogens is 365 g/mol. The van der Waals surface area contributed by atoms with Gasteiger partial charge in [-0.3, -0.25) is 9.59 Å². The molecule has 0 aliphatic heterocycles. The number of benzene rings is 1. The van der Waals surface area contributed by atoms with Crippen LogP contribution in [-0.2, 0) is 4.79 Å². The van der Waals surface area contributed by atoms with Gasteiger partial charge in [0.2, 0.25) is 5.91 Å². The predicted octanol–water partition coefficient (Wildman–Crippen LogP) is 3.86. The van der Waals surface area contributed by atoms with E-state index in [-0.39, 0.29) is 23.3 Å². The summed E-state index contributed by atoms with van der Waals surface area (Å²) in [4.78, 5) is 26.7. The van der Waals surface area contributed by atoms with E-state index in [9.17, 15) is 22.8 Å². The summed E-state index contributed by atoms with van der Waals surface area (Å²) in [6.45, 7) is -1.38. The van der Waals surface area contributed by atoms with Crippen LogP contribution in [0.5, 0.6) is 0 Å². The first kappa shape index (κ1) is 20.6. The van der Waals surface area contributed by atoms with Gasteiger partial charge >= 0.3 is 6.18 Å². The molecule has 1 fully saturated rings. The zero-order chi connectivity index (χ0) is 19.2. The summed E-state index contributed by atoms with van der Waals surface area (Å²) in [5.41, 5.74) is 0.148. The van der Waals surface area contributed by atoms with Crippen LogP contribution in [0.1, 0.15) is 42.5 Å². The second-order valence-corrected chi connectivity index (χ2v) is 7.40. The van der Waals surface area contributed by atoms with Gasteiger partial charge in [-0.25, -0.2) is 0 Å². The van der Waals surface area contributed by atoms with E-state index in [0.29, 0.717) is 4.90 Å². The van der Waals surface area contributed by atoms with E-state index in [1.807, 2.05) is 5.32 Å². The van der Waals surface area contributed by atoms with Crippen molar-refractivity contribution in [1.29, 1.82) is 0 Å². The Morgan fingerprint density at radius 1 is 1.19 bits per heavy atom. The van der Waals surface area contributed by atoms with Gasteiger partial charge in [0.15, 0.2) is 0 Å². The van der Waals surface area contributed by atoms with E-state index >= 15 is 0 Å². The van der Waals surface area contributed by atoms with Gasteiger partial charge in [0.05, 0.1) is 11.3 Å². The third kappa shape index (κ3) is 6.23. The lowest BCUT2D eigenvalue weighted by Gasteiger charge is -2.31. The Hall–Kier alpha value is -1.70. The van der Waals surface area contributed by atoms with Crippen LogP contribution < -0.4 is 5.32 Å². The highest BCUT2D eigenvalue weighted by Crippen LogP contribution is 2.26. The monoisotopic (exact) mass is 388 g/mol. The van der Waals surface area contributed by atoms with Crippen molar-refractivity contribution in [3.63, 3.8) is 0 Å². The quantitative estimate of drug-likeness (QED) is 0.753. The standard InChI is InChI=1S/C18H23F3N2O2S/c1-23(13-7-3-2-4-8-13)16(24)11-26-15-10-6-5-9-14(15)17(25)22-12-18(19,20)21/h5-6,9-10,13H,2-4,7-8,11-12H2,1H3,(H,22,25). The second kappa shape index (κ2) is 9.30. The maximum Gasteiger partial charge on any atom is 0.405 e. The molecule has 2 rings (SSSR count). The van der Waals surface area contributed by atoms with E-state index in [0.717, 1.165) is 25.7 Å². The Kier molecular flexibility index (Phi) is 7.37. The molecule has 0 heterocycles. The number of thioether (sulfide) groups is 1. The first-order valence-corrected chi connectivity index (χ1v) is 9.59. The van der Waals surface area contributed by atoms with E-state index in [1.54, 1.807) is 30.1 Å². The van der Waals surface area contributed by atoms with E-state index in [2.05, 4.69) is 0 Å². The summed E-state index contributed by atoms with van der Waals surface area (Å²) >= 11 is 1.18. The summed E-state index contributed by atoms with van der Waals surface area (Å²) in [7, 11) is 1.79. The highest BCUT2D eigenvalue weighted by molar-refractivity contribution is 8.00. The first-order valence-electron chi connectivity index (χ1n) is 8.60. The third-order valence-electron chi connectivity index (χ3n) is 4.45. The lowest BCUT2D eigenvalue weighted by Crippen LogP contribution is -2.39. The highest BCUT2D eigenvalue weighted by atomic mass is 32.2. The molecule has 1 saturated carbocycles. The zero-order valence-corrected chi connectivity index (χ0v) is 15.5. The molecule has 0 saturated heterocycles. The lowest BCUT2D eigenvalue weighted by atomic mass is 9.94. The van der Waals surface area contributed by atoms with Crippen LogP contribution in [0.15, 0.2) is 29.2 Å². The van der Waals surface area contributed by atoms with Crippen molar-refractivity contribution in [2.45, 2.75) is 49.2 Å². The number of hydrogen-bond donors (Lipinski definition) is 1. The minimum atomic E-state index is -4.46. The molecule has 1 aliphatic carbocycles. The summed E-state index contributed by atoms with van der Waals surface area (Å²) in [5.74, 6) is -0.678. The van der Waals surface area contributed by atoms with Crippen LogP contribution in [-0.4, -0.2) is 48.3 Å². The number of rotatable bonds is 6. The fourth-order valence-electron chi connectivity index (χ4n) is 2.97. The van der Waals surface area contributed by atoms with Crippen LogP contribution in [0.2, 0.25) is 0 Å². The minimum Gasteiger partial charge on any atom is -0.343 e. The molecule has 0 unspecified atom stereocenters. The van der Waals surface area contributed by atoms with E-state index < -0.39 is 18.6 Å². The van der Waals surface area contributed by atoms with Crippen LogP contribution >= 0.6 is 11.8 Å².